The molecule has 0 unspecified atom stereocenters. The van der Waals surface area contributed by atoms with Gasteiger partial charge in [-0.05, 0) is 58.8 Å². The Morgan fingerprint density at radius 1 is 0.419 bits per heavy atom. The zero-order valence-corrected chi connectivity index (χ0v) is 23.2. The average molecular weight is 552 g/mol. The molecule has 202 valence electrons. The van der Waals surface area contributed by atoms with E-state index < -0.39 is 0 Å². The van der Waals surface area contributed by atoms with Crippen LogP contribution in [-0.2, 0) is 0 Å². The van der Waals surface area contributed by atoms with E-state index in [1.54, 1.807) is 0 Å². The highest BCUT2D eigenvalue weighted by Gasteiger charge is 2.24. The van der Waals surface area contributed by atoms with Crippen LogP contribution in [0.15, 0.2) is 160 Å². The van der Waals surface area contributed by atoms with Crippen LogP contribution in [0.1, 0.15) is 0 Å². The number of fused-ring (bicyclic) bond motifs is 8. The molecule has 0 atom stereocenters. The summed E-state index contributed by atoms with van der Waals surface area (Å²) >= 11 is 0. The maximum absolute atomic E-state index is 7.02. The standard InChI is InChI=1S/C40H25NO2/c1-3-13-26(14-4-1)32-25-27-15-7-8-18-29(27)37-31-20-11-22-34(39(31)43-40(32)37)41(28-16-5-2-6-17-28)33-21-12-24-36-38(33)30-19-9-10-23-35(30)42-36/h1-25H. The van der Waals surface area contributed by atoms with Gasteiger partial charge < -0.3 is 13.7 Å². The van der Waals surface area contributed by atoms with Crippen LogP contribution in [0.2, 0.25) is 0 Å². The molecule has 0 amide bonds. The zero-order chi connectivity index (χ0) is 28.3. The number of benzene rings is 7. The van der Waals surface area contributed by atoms with Crippen LogP contribution in [0.5, 0.6) is 0 Å². The summed E-state index contributed by atoms with van der Waals surface area (Å²) in [5, 5.41) is 6.76. The van der Waals surface area contributed by atoms with Crippen LogP contribution in [0.25, 0.3) is 65.8 Å². The second-order valence-electron chi connectivity index (χ2n) is 10.9. The maximum atomic E-state index is 7.02. The van der Waals surface area contributed by atoms with Gasteiger partial charge in [-0.3, -0.25) is 0 Å². The van der Waals surface area contributed by atoms with E-state index in [1.165, 1.54) is 10.8 Å². The molecular formula is C40H25NO2. The number of hydrogen-bond acceptors (Lipinski definition) is 3. The number of hydrogen-bond donors (Lipinski definition) is 0. The van der Waals surface area contributed by atoms with E-state index in [-0.39, 0.29) is 0 Å². The lowest BCUT2D eigenvalue weighted by Gasteiger charge is -2.26. The number of rotatable bonds is 4. The lowest BCUT2D eigenvalue weighted by molar-refractivity contribution is 0.668. The van der Waals surface area contributed by atoms with Crippen molar-refractivity contribution in [3.63, 3.8) is 0 Å². The summed E-state index contributed by atoms with van der Waals surface area (Å²) < 4.78 is 13.3. The second kappa shape index (κ2) is 9.37. The van der Waals surface area contributed by atoms with Gasteiger partial charge in [0.25, 0.3) is 0 Å². The van der Waals surface area contributed by atoms with E-state index in [0.29, 0.717) is 0 Å². The molecule has 3 nitrogen and oxygen atoms in total. The van der Waals surface area contributed by atoms with Crippen molar-refractivity contribution in [2.24, 2.45) is 0 Å². The minimum absolute atomic E-state index is 0.847. The van der Waals surface area contributed by atoms with Crippen molar-refractivity contribution in [1.82, 2.24) is 0 Å². The molecule has 0 saturated heterocycles. The van der Waals surface area contributed by atoms with Gasteiger partial charge in [0.2, 0.25) is 0 Å². The molecular weight excluding hydrogens is 526 g/mol. The molecule has 0 aliphatic rings. The van der Waals surface area contributed by atoms with Gasteiger partial charge in [-0.25, -0.2) is 0 Å². The summed E-state index contributed by atoms with van der Waals surface area (Å²) in [6.07, 6.45) is 0. The van der Waals surface area contributed by atoms with Crippen LogP contribution in [0.3, 0.4) is 0 Å². The van der Waals surface area contributed by atoms with Crippen LogP contribution in [-0.4, -0.2) is 0 Å². The largest absolute Gasteiger partial charge is 0.456 e. The first-order chi connectivity index (χ1) is 21.3. The van der Waals surface area contributed by atoms with Gasteiger partial charge >= 0.3 is 0 Å². The lowest BCUT2D eigenvalue weighted by Crippen LogP contribution is -2.10. The summed E-state index contributed by atoms with van der Waals surface area (Å²) in [4.78, 5) is 2.30. The Kier molecular flexibility index (Phi) is 5.20. The zero-order valence-electron chi connectivity index (χ0n) is 23.2. The molecule has 0 fully saturated rings. The van der Waals surface area contributed by atoms with E-state index in [1.807, 2.05) is 18.2 Å². The lowest BCUT2D eigenvalue weighted by atomic mass is 9.96. The summed E-state index contributed by atoms with van der Waals surface area (Å²) in [5.41, 5.74) is 8.75. The first kappa shape index (κ1) is 23.9. The number of para-hydroxylation sites is 3. The van der Waals surface area contributed by atoms with E-state index in [4.69, 9.17) is 8.83 Å². The van der Waals surface area contributed by atoms with Gasteiger partial charge in [0, 0.05) is 27.4 Å². The van der Waals surface area contributed by atoms with E-state index in [2.05, 4.69) is 138 Å². The summed E-state index contributed by atoms with van der Waals surface area (Å²) in [6, 6.07) is 52.9. The number of furan rings is 2. The van der Waals surface area contributed by atoms with Gasteiger partial charge in [-0.2, -0.15) is 0 Å². The molecule has 0 saturated carbocycles. The predicted molar refractivity (Wildman–Crippen MR) is 179 cm³/mol. The Balaban J connectivity index is 1.41. The first-order valence-corrected chi connectivity index (χ1v) is 14.5. The minimum atomic E-state index is 0.847. The van der Waals surface area contributed by atoms with Crippen molar-refractivity contribution in [3.8, 4) is 11.1 Å². The van der Waals surface area contributed by atoms with Crippen molar-refractivity contribution < 1.29 is 8.83 Å². The molecule has 0 bridgehead atoms. The Bertz CT molecular complexity index is 2450. The maximum Gasteiger partial charge on any atom is 0.159 e. The highest BCUT2D eigenvalue weighted by Crippen LogP contribution is 2.48. The normalized spacial score (nSPS) is 11.7. The quantitative estimate of drug-likeness (QED) is 0.218. The third-order valence-electron chi connectivity index (χ3n) is 8.43. The van der Waals surface area contributed by atoms with E-state index in [0.717, 1.165) is 72.1 Å². The highest BCUT2D eigenvalue weighted by atomic mass is 16.3. The molecule has 9 rings (SSSR count). The molecule has 9 aromatic rings. The molecule has 0 spiro atoms. The third-order valence-corrected chi connectivity index (χ3v) is 8.43. The topological polar surface area (TPSA) is 29.5 Å². The summed E-state index contributed by atoms with van der Waals surface area (Å²) in [7, 11) is 0. The molecule has 7 aromatic carbocycles. The Morgan fingerprint density at radius 2 is 1.07 bits per heavy atom. The molecule has 0 aliphatic heterocycles. The number of anilines is 3. The fraction of sp³-hybridized carbons (Fsp3) is 0. The predicted octanol–water partition coefficient (Wildman–Crippen LogP) is 11.8. The average Bonchev–Trinajstić information content (AvgIpc) is 3.66. The SMILES string of the molecule is c1ccc(-c2cc3ccccc3c3c2oc2c(N(c4ccccc4)c4cccc5oc6ccccc6c45)cccc23)cc1. The van der Waals surface area contributed by atoms with Crippen LogP contribution < -0.4 is 4.90 Å². The van der Waals surface area contributed by atoms with Gasteiger partial charge in [-0.1, -0.05) is 109 Å². The fourth-order valence-corrected chi connectivity index (χ4v) is 6.57. The highest BCUT2D eigenvalue weighted by molar-refractivity contribution is 6.24. The molecule has 0 aliphatic carbocycles. The van der Waals surface area contributed by atoms with Gasteiger partial charge in [-0.15, -0.1) is 0 Å². The molecule has 2 aromatic heterocycles. The van der Waals surface area contributed by atoms with Crippen LogP contribution in [0, 0.1) is 0 Å². The van der Waals surface area contributed by atoms with Gasteiger partial charge in [0.15, 0.2) is 5.58 Å². The molecule has 0 radical (unpaired) electrons. The van der Waals surface area contributed by atoms with Crippen molar-refractivity contribution >= 4 is 71.7 Å². The summed E-state index contributed by atoms with van der Waals surface area (Å²) in [5.74, 6) is 0. The third kappa shape index (κ3) is 3.62. The smallest absolute Gasteiger partial charge is 0.159 e. The van der Waals surface area contributed by atoms with Crippen molar-refractivity contribution in [2.75, 3.05) is 4.90 Å². The fourth-order valence-electron chi connectivity index (χ4n) is 6.57. The number of nitrogens with zero attached hydrogens (tertiary/aromatic N) is 1. The van der Waals surface area contributed by atoms with Gasteiger partial charge in [0.1, 0.15) is 16.7 Å². The van der Waals surface area contributed by atoms with Crippen LogP contribution >= 0.6 is 0 Å². The molecule has 43 heavy (non-hydrogen) atoms. The second-order valence-corrected chi connectivity index (χ2v) is 10.9. The molecule has 0 N–H and O–H groups in total. The van der Waals surface area contributed by atoms with E-state index in [9.17, 15) is 0 Å². The first-order valence-electron chi connectivity index (χ1n) is 14.5. The summed E-state index contributed by atoms with van der Waals surface area (Å²) in [6.45, 7) is 0. The van der Waals surface area contributed by atoms with Crippen molar-refractivity contribution in [3.05, 3.63) is 152 Å². The van der Waals surface area contributed by atoms with Crippen molar-refractivity contribution in [1.29, 1.82) is 0 Å². The minimum Gasteiger partial charge on any atom is -0.456 e. The molecule has 3 heteroatoms. The Labute approximate surface area is 247 Å². The molecule has 2 heterocycles. The van der Waals surface area contributed by atoms with Gasteiger partial charge in [0.05, 0.1) is 16.8 Å². The Hall–Kier alpha value is -5.80. The van der Waals surface area contributed by atoms with Crippen LogP contribution in [0.4, 0.5) is 17.1 Å². The Morgan fingerprint density at radius 3 is 1.93 bits per heavy atom. The monoisotopic (exact) mass is 551 g/mol. The van der Waals surface area contributed by atoms with E-state index >= 15 is 0 Å². The van der Waals surface area contributed by atoms with Crippen molar-refractivity contribution in [2.45, 2.75) is 0 Å².